The highest BCUT2D eigenvalue weighted by Gasteiger charge is 2.26. The van der Waals surface area contributed by atoms with Crippen molar-refractivity contribution in [3.8, 4) is 61.7 Å². The molecule has 0 unspecified atom stereocenters. The summed E-state index contributed by atoms with van der Waals surface area (Å²) in [5.41, 5.74) is 17.3. The smallest absolute Gasteiger partial charge is 0.161 e. The number of furan rings is 1. The van der Waals surface area contributed by atoms with Crippen molar-refractivity contribution in [1.29, 1.82) is 0 Å². The summed E-state index contributed by atoms with van der Waals surface area (Å²) < 4.78 is 8.95. The monoisotopic (exact) mass is 810 g/mol. The molecule has 12 rings (SSSR count). The van der Waals surface area contributed by atoms with Crippen molar-refractivity contribution in [2.24, 2.45) is 0 Å². The van der Waals surface area contributed by atoms with Gasteiger partial charge in [0, 0.05) is 55.5 Å². The number of rotatable bonds is 6. The second-order valence-electron chi connectivity index (χ2n) is 17.5. The first-order chi connectivity index (χ1) is 30.9. The van der Waals surface area contributed by atoms with E-state index in [2.05, 4.69) is 200 Å². The van der Waals surface area contributed by atoms with Gasteiger partial charge in [-0.15, -0.1) is 0 Å². The minimum absolute atomic E-state index is 0.115. The number of nitrogens with zero attached hydrogens (tertiary/aromatic N) is 3. The van der Waals surface area contributed by atoms with E-state index in [1.165, 1.54) is 16.3 Å². The highest BCUT2D eigenvalue weighted by atomic mass is 16.3. The third-order valence-electron chi connectivity index (χ3n) is 12.6. The van der Waals surface area contributed by atoms with Gasteiger partial charge in [-0.25, -0.2) is 4.98 Å². The summed E-state index contributed by atoms with van der Waals surface area (Å²) in [6.07, 6.45) is 1.89. The first-order valence-electron chi connectivity index (χ1n) is 21.6. The standard InChI is InChI=1S/C58H42N4O/c1-58(2,3)41-34-47-44-22-10-13-25-49(44)60-54(47)48(35-41)57-61-55-43(24-16-27-51(55)62(57)50-26-14-11-21-42(50)37-19-8-5-9-20-37)39-31-38(36-17-6-4-7-18-36)32-40(33-39)53-56-46(29-30-59-53)45-23-12-15-28-52(45)63-56/h4-35,60H,1-3H3. The number of hydrogen-bond acceptors (Lipinski definition) is 3. The fraction of sp³-hybridized carbons (Fsp3) is 0.0690. The van der Waals surface area contributed by atoms with Crippen LogP contribution in [0.5, 0.6) is 0 Å². The molecule has 12 aromatic rings. The summed E-state index contributed by atoms with van der Waals surface area (Å²) in [5, 5.41) is 4.52. The van der Waals surface area contributed by atoms with Gasteiger partial charge in [-0.3, -0.25) is 9.55 Å². The Hall–Kier alpha value is -8.02. The van der Waals surface area contributed by atoms with Crippen LogP contribution in [0.2, 0.25) is 0 Å². The molecule has 5 nitrogen and oxygen atoms in total. The number of nitrogens with one attached hydrogen (secondary N) is 1. The molecule has 4 aromatic heterocycles. The Morgan fingerprint density at radius 3 is 2.02 bits per heavy atom. The molecular weight excluding hydrogens is 769 g/mol. The predicted octanol–water partition coefficient (Wildman–Crippen LogP) is 15.6. The van der Waals surface area contributed by atoms with Crippen LogP contribution in [0.3, 0.4) is 0 Å². The molecule has 4 heterocycles. The molecular formula is C58H42N4O. The normalized spacial score (nSPS) is 12.0. The van der Waals surface area contributed by atoms with Crippen LogP contribution >= 0.6 is 0 Å². The van der Waals surface area contributed by atoms with Gasteiger partial charge in [0.25, 0.3) is 0 Å². The van der Waals surface area contributed by atoms with E-state index in [1.807, 2.05) is 24.4 Å². The minimum atomic E-state index is -0.115. The van der Waals surface area contributed by atoms with Gasteiger partial charge in [-0.1, -0.05) is 148 Å². The largest absolute Gasteiger partial charge is 0.454 e. The maximum atomic E-state index is 6.57. The molecule has 0 bridgehead atoms. The van der Waals surface area contributed by atoms with Crippen LogP contribution in [-0.4, -0.2) is 19.5 Å². The highest BCUT2D eigenvalue weighted by molar-refractivity contribution is 6.13. The molecule has 0 aliphatic carbocycles. The van der Waals surface area contributed by atoms with Crippen LogP contribution in [0.1, 0.15) is 26.3 Å². The van der Waals surface area contributed by atoms with Crippen LogP contribution in [0.15, 0.2) is 199 Å². The van der Waals surface area contributed by atoms with E-state index in [4.69, 9.17) is 14.4 Å². The molecule has 0 aliphatic heterocycles. The minimum Gasteiger partial charge on any atom is -0.454 e. The van der Waals surface area contributed by atoms with E-state index in [0.717, 1.165) is 106 Å². The number of benzene rings is 8. The molecule has 63 heavy (non-hydrogen) atoms. The van der Waals surface area contributed by atoms with Crippen molar-refractivity contribution in [3.05, 3.63) is 200 Å². The molecule has 0 atom stereocenters. The van der Waals surface area contributed by atoms with E-state index < -0.39 is 0 Å². The number of aromatic nitrogens is 4. The topological polar surface area (TPSA) is 59.6 Å². The fourth-order valence-corrected chi connectivity index (χ4v) is 9.42. The lowest BCUT2D eigenvalue weighted by Crippen LogP contribution is -2.11. The number of fused-ring (bicyclic) bond motifs is 7. The predicted molar refractivity (Wildman–Crippen MR) is 261 cm³/mol. The number of para-hydroxylation sites is 4. The van der Waals surface area contributed by atoms with E-state index in [1.54, 1.807) is 0 Å². The molecule has 0 fully saturated rings. The van der Waals surface area contributed by atoms with Crippen molar-refractivity contribution in [1.82, 2.24) is 19.5 Å². The van der Waals surface area contributed by atoms with Gasteiger partial charge >= 0.3 is 0 Å². The zero-order valence-electron chi connectivity index (χ0n) is 35.2. The number of H-pyrrole nitrogens is 1. The molecule has 8 aromatic carbocycles. The van der Waals surface area contributed by atoms with E-state index in [-0.39, 0.29) is 5.41 Å². The summed E-state index contributed by atoms with van der Waals surface area (Å²) in [4.78, 5) is 14.7. The van der Waals surface area contributed by atoms with Crippen LogP contribution in [0, 0.1) is 0 Å². The maximum Gasteiger partial charge on any atom is 0.161 e. The number of imidazole rings is 1. The SMILES string of the molecule is CC(C)(C)c1cc(-c2nc3c(-c4cc(-c5ccccc5)cc(-c5nccc6c5oc5ccccc56)c4)cccc3n2-c2ccccc2-c2ccccc2)c2[nH]c3ccccc3c2c1. The Bertz CT molecular complexity index is 3720. The first kappa shape index (κ1) is 36.8. The molecule has 5 heteroatoms. The Balaban J connectivity index is 1.18. The van der Waals surface area contributed by atoms with E-state index in [9.17, 15) is 0 Å². The lowest BCUT2D eigenvalue weighted by Gasteiger charge is -2.21. The first-order valence-corrected chi connectivity index (χ1v) is 21.6. The molecule has 0 amide bonds. The van der Waals surface area contributed by atoms with Gasteiger partial charge in [-0.05, 0) is 93.9 Å². The number of aromatic amines is 1. The van der Waals surface area contributed by atoms with Gasteiger partial charge < -0.3 is 9.40 Å². The van der Waals surface area contributed by atoms with Crippen molar-refractivity contribution < 1.29 is 4.42 Å². The lowest BCUT2D eigenvalue weighted by atomic mass is 9.85. The summed E-state index contributed by atoms with van der Waals surface area (Å²) in [5.74, 6) is 0.872. The number of pyridine rings is 1. The zero-order chi connectivity index (χ0) is 42.2. The maximum absolute atomic E-state index is 6.57. The van der Waals surface area contributed by atoms with Crippen molar-refractivity contribution in [2.45, 2.75) is 26.2 Å². The Kier molecular flexibility index (Phi) is 8.35. The second kappa shape index (κ2) is 14.3. The molecule has 0 spiro atoms. The summed E-state index contributed by atoms with van der Waals surface area (Å²) >= 11 is 0. The average Bonchev–Trinajstić information content (AvgIpc) is 4.03. The molecule has 1 N–H and O–H groups in total. The van der Waals surface area contributed by atoms with Crippen LogP contribution < -0.4 is 0 Å². The van der Waals surface area contributed by atoms with Gasteiger partial charge in [0.15, 0.2) is 5.58 Å². The molecule has 300 valence electrons. The zero-order valence-corrected chi connectivity index (χ0v) is 35.2. The summed E-state index contributed by atoms with van der Waals surface area (Å²) in [7, 11) is 0. The summed E-state index contributed by atoms with van der Waals surface area (Å²) in [6.45, 7) is 6.86. The van der Waals surface area contributed by atoms with Gasteiger partial charge in [0.05, 0.1) is 22.2 Å². The van der Waals surface area contributed by atoms with Crippen LogP contribution in [-0.2, 0) is 5.41 Å². The lowest BCUT2D eigenvalue weighted by molar-refractivity contribution is 0.591. The highest BCUT2D eigenvalue weighted by Crippen LogP contribution is 2.44. The van der Waals surface area contributed by atoms with Crippen LogP contribution in [0.4, 0.5) is 0 Å². The van der Waals surface area contributed by atoms with Crippen LogP contribution in [0.25, 0.3) is 116 Å². The quantitative estimate of drug-likeness (QED) is 0.182. The second-order valence-corrected chi connectivity index (χ2v) is 17.5. The Morgan fingerprint density at radius 1 is 0.508 bits per heavy atom. The van der Waals surface area contributed by atoms with Crippen molar-refractivity contribution >= 4 is 54.8 Å². The average molecular weight is 811 g/mol. The van der Waals surface area contributed by atoms with Crippen molar-refractivity contribution in [3.63, 3.8) is 0 Å². The Labute approximate surface area is 365 Å². The van der Waals surface area contributed by atoms with Gasteiger partial charge in [-0.2, -0.15) is 0 Å². The molecule has 0 aliphatic rings. The van der Waals surface area contributed by atoms with Crippen molar-refractivity contribution in [2.75, 3.05) is 0 Å². The van der Waals surface area contributed by atoms with Gasteiger partial charge in [0.2, 0.25) is 0 Å². The third-order valence-corrected chi connectivity index (χ3v) is 12.6. The third kappa shape index (κ3) is 6.07. The van der Waals surface area contributed by atoms with E-state index in [0.29, 0.717) is 0 Å². The molecule has 0 saturated heterocycles. The molecule has 0 saturated carbocycles. The fourth-order valence-electron chi connectivity index (χ4n) is 9.42. The summed E-state index contributed by atoms with van der Waals surface area (Å²) in [6, 6.07) is 66.9. The number of hydrogen-bond donors (Lipinski definition) is 1. The Morgan fingerprint density at radius 2 is 1.19 bits per heavy atom. The van der Waals surface area contributed by atoms with Gasteiger partial charge in [0.1, 0.15) is 17.1 Å². The van der Waals surface area contributed by atoms with E-state index >= 15 is 0 Å². The molecule has 0 radical (unpaired) electrons.